The Morgan fingerprint density at radius 2 is 1.96 bits per heavy atom. The van der Waals surface area contributed by atoms with Crippen LogP contribution in [-0.4, -0.2) is 15.5 Å². The highest BCUT2D eigenvalue weighted by Crippen LogP contribution is 2.20. The quantitative estimate of drug-likeness (QED) is 0.539. The van der Waals surface area contributed by atoms with E-state index in [2.05, 4.69) is 45.5 Å². The summed E-state index contributed by atoms with van der Waals surface area (Å²) >= 11 is 3.41. The molecule has 120 valence electrons. The minimum absolute atomic E-state index is 0.256. The number of hydrogen-bond donors (Lipinski definition) is 1. The molecule has 2 N–H and O–H groups in total. The van der Waals surface area contributed by atoms with E-state index in [1.807, 2.05) is 6.07 Å². The number of halogens is 1. The van der Waals surface area contributed by atoms with Gasteiger partial charge in [0.15, 0.2) is 0 Å². The smallest absolute Gasteiger partial charge is 0.248 e. The average molecular weight is 391 g/mol. The third-order valence-electron chi connectivity index (χ3n) is 3.57. The normalized spacial score (nSPS) is 9.92. The molecule has 0 aliphatic carbocycles. The predicted octanol–water partition coefficient (Wildman–Crippen LogP) is 2.87. The summed E-state index contributed by atoms with van der Waals surface area (Å²) in [5.41, 5.74) is 8.71. The van der Waals surface area contributed by atoms with Crippen LogP contribution in [0, 0.1) is 23.2 Å². The number of amides is 1. The third-order valence-corrected chi connectivity index (χ3v) is 4.00. The molecule has 0 radical (unpaired) electrons. The average Bonchev–Trinajstić information content (AvgIpc) is 3.02. The number of fused-ring (bicyclic) bond motifs is 1. The fraction of sp³-hybridized carbons (Fsp3) is 0. The predicted molar refractivity (Wildman–Crippen MR) is 98.3 cm³/mol. The highest BCUT2D eigenvalue weighted by Gasteiger charge is 2.09. The van der Waals surface area contributed by atoms with Crippen molar-refractivity contribution < 1.29 is 4.79 Å². The van der Waals surface area contributed by atoms with Crippen molar-refractivity contribution in [3.8, 4) is 17.9 Å². The summed E-state index contributed by atoms with van der Waals surface area (Å²) in [6.07, 6.45) is 3.28. The molecule has 0 bridgehead atoms. The van der Waals surface area contributed by atoms with Gasteiger partial charge in [0.25, 0.3) is 0 Å². The Balaban J connectivity index is 2.01. The molecule has 2 aromatic heterocycles. The van der Waals surface area contributed by atoms with Gasteiger partial charge in [-0.2, -0.15) is 10.4 Å². The van der Waals surface area contributed by atoms with Gasteiger partial charge in [0, 0.05) is 21.8 Å². The van der Waals surface area contributed by atoms with Gasteiger partial charge >= 0.3 is 0 Å². The molecule has 1 aromatic carbocycles. The van der Waals surface area contributed by atoms with Crippen molar-refractivity contribution in [2.45, 2.75) is 0 Å². The van der Waals surface area contributed by atoms with E-state index in [9.17, 15) is 10.1 Å². The van der Waals surface area contributed by atoms with Gasteiger partial charge < -0.3 is 5.73 Å². The highest BCUT2D eigenvalue weighted by molar-refractivity contribution is 9.10. The number of nitrogens with zero attached hydrogens (tertiary/aromatic N) is 3. The molecule has 0 saturated carbocycles. The molecular weight excluding hydrogens is 380 g/mol. The van der Waals surface area contributed by atoms with Gasteiger partial charge in [0.1, 0.15) is 6.07 Å². The zero-order valence-electron chi connectivity index (χ0n) is 13.0. The molecule has 5 nitrogen and oxygen atoms in total. The molecule has 25 heavy (non-hydrogen) atoms. The Labute approximate surface area is 152 Å². The lowest BCUT2D eigenvalue weighted by Gasteiger charge is -2.01. The van der Waals surface area contributed by atoms with Crippen LogP contribution in [0.5, 0.6) is 0 Å². The van der Waals surface area contributed by atoms with E-state index in [1.165, 1.54) is 6.20 Å². The molecule has 6 heteroatoms. The Kier molecular flexibility index (Phi) is 4.38. The fourth-order valence-corrected chi connectivity index (χ4v) is 2.73. The first-order valence-electron chi connectivity index (χ1n) is 7.18. The summed E-state index contributed by atoms with van der Waals surface area (Å²) in [5.74, 6) is 5.57. The van der Waals surface area contributed by atoms with Gasteiger partial charge in [-0.25, -0.2) is 4.52 Å². The fourth-order valence-electron chi connectivity index (χ4n) is 2.30. The second-order valence-corrected chi connectivity index (χ2v) is 6.12. The molecule has 0 saturated heterocycles. The van der Waals surface area contributed by atoms with Crippen LogP contribution in [0.1, 0.15) is 22.3 Å². The number of nitriles is 1. The minimum Gasteiger partial charge on any atom is -0.366 e. The number of nitrogens with two attached hydrogens (primary N) is 1. The zero-order valence-corrected chi connectivity index (χ0v) is 14.5. The minimum atomic E-state index is -0.555. The van der Waals surface area contributed by atoms with Crippen LogP contribution in [0.2, 0.25) is 0 Å². The van der Waals surface area contributed by atoms with Crippen LogP contribution < -0.4 is 5.73 Å². The number of rotatable bonds is 2. The summed E-state index contributed by atoms with van der Waals surface area (Å²) in [7, 11) is 0. The Morgan fingerprint density at radius 3 is 2.60 bits per heavy atom. The van der Waals surface area contributed by atoms with E-state index in [0.29, 0.717) is 22.2 Å². The van der Waals surface area contributed by atoms with E-state index >= 15 is 0 Å². The van der Waals surface area contributed by atoms with E-state index in [4.69, 9.17) is 5.73 Å². The van der Waals surface area contributed by atoms with E-state index in [1.54, 1.807) is 35.0 Å². The molecule has 0 spiro atoms. The van der Waals surface area contributed by atoms with Crippen molar-refractivity contribution in [1.29, 1.82) is 5.26 Å². The van der Waals surface area contributed by atoms with Crippen LogP contribution in [0.15, 0.2) is 53.8 Å². The van der Waals surface area contributed by atoms with Crippen LogP contribution in [0.4, 0.5) is 0 Å². The largest absolute Gasteiger partial charge is 0.366 e. The first kappa shape index (κ1) is 16.5. The van der Waals surface area contributed by atoms with E-state index in [-0.39, 0.29) is 5.57 Å². The van der Waals surface area contributed by atoms with Crippen molar-refractivity contribution in [1.82, 2.24) is 9.61 Å². The maximum atomic E-state index is 11.1. The molecule has 0 unspecified atom stereocenters. The van der Waals surface area contributed by atoms with Crippen LogP contribution in [0.3, 0.4) is 0 Å². The summed E-state index contributed by atoms with van der Waals surface area (Å²) in [5, 5.41) is 13.4. The monoisotopic (exact) mass is 390 g/mol. The van der Waals surface area contributed by atoms with Crippen molar-refractivity contribution in [3.05, 3.63) is 76.0 Å². The SMILES string of the molecule is C=C(C(N)=O)c1ccc(C#Cc2cc(Br)cn3ncc(C#N)c23)cc1. The molecule has 0 fully saturated rings. The second-order valence-electron chi connectivity index (χ2n) is 5.21. The van der Waals surface area contributed by atoms with Crippen molar-refractivity contribution in [3.63, 3.8) is 0 Å². The molecule has 3 rings (SSSR count). The summed E-state index contributed by atoms with van der Waals surface area (Å²) < 4.78 is 2.43. The van der Waals surface area contributed by atoms with Gasteiger partial charge in [0.2, 0.25) is 5.91 Å². The van der Waals surface area contributed by atoms with Gasteiger partial charge in [-0.1, -0.05) is 30.6 Å². The standard InChI is InChI=1S/C19H11BrN4O/c1-12(19(22)25)14-5-2-13(3-6-14)4-7-15-8-17(20)11-24-18(15)16(9-21)10-23-24/h2-3,5-6,8,10-11H,1H2,(H2,22,25). The van der Waals surface area contributed by atoms with Crippen molar-refractivity contribution in [2.75, 3.05) is 0 Å². The Bertz CT molecular complexity index is 1110. The number of aromatic nitrogens is 2. The number of hydrogen-bond acceptors (Lipinski definition) is 3. The maximum Gasteiger partial charge on any atom is 0.248 e. The Morgan fingerprint density at radius 1 is 1.24 bits per heavy atom. The van der Waals surface area contributed by atoms with Crippen molar-refractivity contribution >= 4 is 32.9 Å². The van der Waals surface area contributed by atoms with Crippen LogP contribution in [0.25, 0.3) is 11.1 Å². The van der Waals surface area contributed by atoms with E-state index < -0.39 is 5.91 Å². The lowest BCUT2D eigenvalue weighted by molar-refractivity contribution is -0.112. The summed E-state index contributed by atoms with van der Waals surface area (Å²) in [4.78, 5) is 11.1. The lowest BCUT2D eigenvalue weighted by Crippen LogP contribution is -2.11. The summed E-state index contributed by atoms with van der Waals surface area (Å²) in [6.45, 7) is 3.65. The molecule has 0 atom stereocenters. The number of primary amides is 1. The number of carbonyl (C=O) groups is 1. The lowest BCUT2D eigenvalue weighted by atomic mass is 10.0. The molecular formula is C19H11BrN4O. The zero-order chi connectivity index (χ0) is 18.0. The van der Waals surface area contributed by atoms with Gasteiger partial charge in [-0.05, 0) is 39.7 Å². The first-order valence-corrected chi connectivity index (χ1v) is 7.97. The topological polar surface area (TPSA) is 84.2 Å². The molecule has 2 heterocycles. The molecule has 0 aliphatic heterocycles. The third kappa shape index (κ3) is 3.30. The number of carbonyl (C=O) groups excluding carboxylic acids is 1. The number of pyridine rings is 1. The molecule has 0 aliphatic rings. The highest BCUT2D eigenvalue weighted by atomic mass is 79.9. The van der Waals surface area contributed by atoms with Gasteiger partial charge in [-0.15, -0.1) is 0 Å². The number of benzene rings is 1. The van der Waals surface area contributed by atoms with Crippen LogP contribution >= 0.6 is 15.9 Å². The second kappa shape index (κ2) is 6.64. The Hall–Kier alpha value is -3.35. The van der Waals surface area contributed by atoms with Gasteiger partial charge in [0.05, 0.1) is 22.8 Å². The first-order chi connectivity index (χ1) is 12.0. The molecule has 1 amide bonds. The van der Waals surface area contributed by atoms with Crippen molar-refractivity contribution in [2.24, 2.45) is 5.73 Å². The van der Waals surface area contributed by atoms with E-state index in [0.717, 1.165) is 10.0 Å². The van der Waals surface area contributed by atoms with Crippen LogP contribution in [-0.2, 0) is 4.79 Å². The maximum absolute atomic E-state index is 11.1. The summed E-state index contributed by atoms with van der Waals surface area (Å²) in [6, 6.07) is 11.0. The van der Waals surface area contributed by atoms with Gasteiger partial charge in [-0.3, -0.25) is 4.79 Å². The molecule has 3 aromatic rings.